The predicted molar refractivity (Wildman–Crippen MR) is 100 cm³/mol. The van der Waals surface area contributed by atoms with Crippen molar-refractivity contribution >= 4 is 40.9 Å². The van der Waals surface area contributed by atoms with Crippen LogP contribution < -0.4 is 10.2 Å². The Morgan fingerprint density at radius 1 is 1.08 bits per heavy atom. The van der Waals surface area contributed by atoms with Gasteiger partial charge in [-0.1, -0.05) is 18.2 Å². The van der Waals surface area contributed by atoms with Gasteiger partial charge in [-0.25, -0.2) is 0 Å². The van der Waals surface area contributed by atoms with Crippen LogP contribution in [0.4, 0.5) is 5.69 Å². The van der Waals surface area contributed by atoms with Gasteiger partial charge in [-0.15, -0.1) is 0 Å². The molecule has 5 nitrogen and oxygen atoms in total. The molecule has 1 saturated heterocycles. The highest BCUT2D eigenvalue weighted by atomic mass is 32.1. The Morgan fingerprint density at radius 3 is 2.28 bits per heavy atom. The number of nitrogens with zero attached hydrogens (tertiary/aromatic N) is 1. The number of anilines is 1. The number of thiocarbonyl (C=S) groups is 1. The Morgan fingerprint density at radius 2 is 1.68 bits per heavy atom. The molecule has 0 saturated carbocycles. The van der Waals surface area contributed by atoms with Gasteiger partial charge in [-0.3, -0.25) is 19.8 Å². The summed E-state index contributed by atoms with van der Waals surface area (Å²) in [5, 5.41) is 12.5. The van der Waals surface area contributed by atoms with Crippen LogP contribution in [0, 0.1) is 13.8 Å². The van der Waals surface area contributed by atoms with E-state index in [0.29, 0.717) is 22.4 Å². The number of nitrogens with one attached hydrogen (secondary N) is 1. The molecule has 0 unspecified atom stereocenters. The Labute approximate surface area is 150 Å². The van der Waals surface area contributed by atoms with Gasteiger partial charge in [0, 0.05) is 0 Å². The van der Waals surface area contributed by atoms with Gasteiger partial charge in [0.2, 0.25) is 0 Å². The van der Waals surface area contributed by atoms with Crippen molar-refractivity contribution in [3.8, 4) is 5.75 Å². The third-order valence-corrected chi connectivity index (χ3v) is 4.23. The molecular formula is C19H16N2O3S. The van der Waals surface area contributed by atoms with Crippen molar-refractivity contribution in [3.05, 3.63) is 64.7 Å². The molecule has 6 heteroatoms. The second-order valence-electron chi connectivity index (χ2n) is 5.80. The summed E-state index contributed by atoms with van der Waals surface area (Å²) in [6, 6.07) is 12.3. The fraction of sp³-hybridized carbons (Fsp3) is 0.105. The summed E-state index contributed by atoms with van der Waals surface area (Å²) in [6.45, 7) is 3.52. The number of phenols is 1. The second kappa shape index (κ2) is 6.49. The van der Waals surface area contributed by atoms with Crippen LogP contribution in [0.5, 0.6) is 5.75 Å². The highest BCUT2D eigenvalue weighted by Crippen LogP contribution is 2.26. The van der Waals surface area contributed by atoms with Crippen LogP contribution in [0.15, 0.2) is 48.0 Å². The lowest BCUT2D eigenvalue weighted by molar-refractivity contribution is -0.122. The quantitative estimate of drug-likeness (QED) is 0.495. The Balaban J connectivity index is 2.05. The lowest BCUT2D eigenvalue weighted by atomic mass is 10.0. The number of benzene rings is 2. The van der Waals surface area contributed by atoms with Crippen LogP contribution in [-0.4, -0.2) is 22.0 Å². The second-order valence-corrected chi connectivity index (χ2v) is 6.18. The number of hydrogen-bond acceptors (Lipinski definition) is 4. The number of carbonyl (C=O) groups is 2. The van der Waals surface area contributed by atoms with Crippen molar-refractivity contribution in [1.29, 1.82) is 0 Å². The summed E-state index contributed by atoms with van der Waals surface area (Å²) in [5.74, 6) is -0.817. The molecule has 1 fully saturated rings. The van der Waals surface area contributed by atoms with Crippen molar-refractivity contribution in [2.24, 2.45) is 0 Å². The molecule has 2 aromatic carbocycles. The van der Waals surface area contributed by atoms with Gasteiger partial charge in [0.1, 0.15) is 11.3 Å². The highest BCUT2D eigenvalue weighted by molar-refractivity contribution is 7.80. The van der Waals surface area contributed by atoms with Gasteiger partial charge in [-0.05, 0) is 73.1 Å². The number of rotatable bonds is 2. The largest absolute Gasteiger partial charge is 0.507 e. The van der Waals surface area contributed by atoms with E-state index in [1.165, 1.54) is 11.0 Å². The molecule has 1 heterocycles. The summed E-state index contributed by atoms with van der Waals surface area (Å²) in [5.41, 5.74) is 2.58. The first-order valence-corrected chi connectivity index (χ1v) is 8.06. The number of carbonyl (C=O) groups excluding carboxylic acids is 2. The summed E-state index contributed by atoms with van der Waals surface area (Å²) in [4.78, 5) is 26.4. The molecule has 1 aliphatic rings. The molecule has 0 spiro atoms. The minimum Gasteiger partial charge on any atom is -0.507 e. The molecule has 0 atom stereocenters. The van der Waals surface area contributed by atoms with E-state index in [1.807, 2.05) is 6.07 Å². The minimum absolute atomic E-state index is 0.0121. The Kier molecular flexibility index (Phi) is 4.37. The number of phenolic OH excluding ortho intramolecular Hbond substituents is 1. The molecule has 0 radical (unpaired) electrons. The van der Waals surface area contributed by atoms with Crippen LogP contribution in [0.3, 0.4) is 0 Å². The molecule has 0 aromatic heterocycles. The number of aryl methyl sites for hydroxylation is 2. The topological polar surface area (TPSA) is 69.6 Å². The van der Waals surface area contributed by atoms with E-state index < -0.39 is 11.8 Å². The maximum Gasteiger partial charge on any atom is 0.270 e. The van der Waals surface area contributed by atoms with Crippen molar-refractivity contribution in [2.75, 3.05) is 4.90 Å². The zero-order valence-electron chi connectivity index (χ0n) is 13.7. The zero-order valence-corrected chi connectivity index (χ0v) is 14.6. The van der Waals surface area contributed by atoms with Crippen LogP contribution in [0.2, 0.25) is 0 Å². The summed E-state index contributed by atoms with van der Waals surface area (Å²) < 4.78 is 0. The molecule has 1 aliphatic heterocycles. The standard InChI is InChI=1S/C19H16N2O3S/c1-11-8-13(9-12(2)16(11)22)10-15-17(23)20-19(25)21(18(15)24)14-6-4-3-5-7-14/h3-10,22H,1-2H3,(H,20,23,25). The number of amides is 2. The molecule has 0 aliphatic carbocycles. The van der Waals surface area contributed by atoms with E-state index in [1.54, 1.807) is 50.2 Å². The highest BCUT2D eigenvalue weighted by Gasteiger charge is 2.34. The smallest absolute Gasteiger partial charge is 0.270 e. The van der Waals surface area contributed by atoms with E-state index in [4.69, 9.17) is 12.2 Å². The van der Waals surface area contributed by atoms with Crippen molar-refractivity contribution < 1.29 is 14.7 Å². The van der Waals surface area contributed by atoms with E-state index in [0.717, 1.165) is 0 Å². The van der Waals surface area contributed by atoms with Gasteiger partial charge in [0.25, 0.3) is 11.8 Å². The normalized spacial score (nSPS) is 16.3. The Bertz CT molecular complexity index is 897. The molecule has 2 amide bonds. The molecule has 126 valence electrons. The average molecular weight is 352 g/mol. The third kappa shape index (κ3) is 3.16. The van der Waals surface area contributed by atoms with E-state index in [-0.39, 0.29) is 16.4 Å². The van der Waals surface area contributed by atoms with Crippen molar-refractivity contribution in [3.63, 3.8) is 0 Å². The molecule has 2 aromatic rings. The van der Waals surface area contributed by atoms with Crippen LogP contribution in [0.1, 0.15) is 16.7 Å². The third-order valence-electron chi connectivity index (χ3n) is 3.94. The van der Waals surface area contributed by atoms with E-state index in [9.17, 15) is 14.7 Å². The lowest BCUT2D eigenvalue weighted by Gasteiger charge is -2.28. The fourth-order valence-corrected chi connectivity index (χ4v) is 2.99. The first-order chi connectivity index (χ1) is 11.9. The first kappa shape index (κ1) is 16.9. The molecule has 0 bridgehead atoms. The van der Waals surface area contributed by atoms with Gasteiger partial charge in [-0.2, -0.15) is 0 Å². The summed E-state index contributed by atoms with van der Waals surface area (Å²) in [7, 11) is 0. The molecular weight excluding hydrogens is 336 g/mol. The van der Waals surface area contributed by atoms with Gasteiger partial charge in [0.05, 0.1) is 5.69 Å². The van der Waals surface area contributed by atoms with Crippen LogP contribution in [-0.2, 0) is 9.59 Å². The van der Waals surface area contributed by atoms with Gasteiger partial charge in [0.15, 0.2) is 5.11 Å². The summed E-state index contributed by atoms with van der Waals surface area (Å²) in [6.07, 6.45) is 1.51. The predicted octanol–water partition coefficient (Wildman–Crippen LogP) is 2.84. The SMILES string of the molecule is Cc1cc(C=C2C(=O)NC(=S)N(c3ccccc3)C2=O)cc(C)c1O. The number of aromatic hydroxyl groups is 1. The van der Waals surface area contributed by atoms with Gasteiger partial charge < -0.3 is 5.11 Å². The maximum atomic E-state index is 12.8. The monoisotopic (exact) mass is 352 g/mol. The van der Waals surface area contributed by atoms with Gasteiger partial charge >= 0.3 is 0 Å². The van der Waals surface area contributed by atoms with E-state index in [2.05, 4.69) is 5.32 Å². The van der Waals surface area contributed by atoms with E-state index >= 15 is 0 Å². The van der Waals surface area contributed by atoms with Crippen molar-refractivity contribution in [1.82, 2.24) is 5.32 Å². The molecule has 2 N–H and O–H groups in total. The Hall–Kier alpha value is -2.99. The lowest BCUT2D eigenvalue weighted by Crippen LogP contribution is -2.54. The van der Waals surface area contributed by atoms with Crippen LogP contribution in [0.25, 0.3) is 6.08 Å². The average Bonchev–Trinajstić information content (AvgIpc) is 2.57. The summed E-state index contributed by atoms with van der Waals surface area (Å²) >= 11 is 5.15. The first-order valence-electron chi connectivity index (χ1n) is 7.65. The maximum absolute atomic E-state index is 12.8. The van der Waals surface area contributed by atoms with Crippen LogP contribution >= 0.6 is 12.2 Å². The number of para-hydroxylation sites is 1. The minimum atomic E-state index is -0.537. The fourth-order valence-electron chi connectivity index (χ4n) is 2.71. The number of hydrogen-bond donors (Lipinski definition) is 2. The zero-order chi connectivity index (χ0) is 18.1. The molecule has 25 heavy (non-hydrogen) atoms. The van der Waals surface area contributed by atoms with Crippen molar-refractivity contribution in [2.45, 2.75) is 13.8 Å². The molecule has 3 rings (SSSR count).